The first-order chi connectivity index (χ1) is 12.3. The van der Waals surface area contributed by atoms with Gasteiger partial charge in [0, 0.05) is 18.7 Å². The molecule has 2 aromatic rings. The van der Waals surface area contributed by atoms with Crippen LogP contribution in [0.15, 0.2) is 41.3 Å². The van der Waals surface area contributed by atoms with Crippen molar-refractivity contribution in [2.45, 2.75) is 17.7 Å². The average molecular weight is 415 g/mol. The molecular formula is C17H16Cl2N2O4S. The van der Waals surface area contributed by atoms with E-state index in [1.165, 1.54) is 19.2 Å². The minimum Gasteiger partial charge on any atom is -0.495 e. The number of carbonyl (C=O) groups is 1. The van der Waals surface area contributed by atoms with E-state index < -0.39 is 10.0 Å². The van der Waals surface area contributed by atoms with Gasteiger partial charge in [0.25, 0.3) is 10.0 Å². The molecule has 1 saturated heterocycles. The molecule has 0 unspecified atom stereocenters. The van der Waals surface area contributed by atoms with Crippen LogP contribution in [0.3, 0.4) is 0 Å². The number of rotatable bonds is 5. The van der Waals surface area contributed by atoms with Gasteiger partial charge in [-0.3, -0.25) is 9.52 Å². The minimum atomic E-state index is -3.97. The average Bonchev–Trinajstić information content (AvgIpc) is 3.03. The molecule has 1 amide bonds. The second kappa shape index (κ2) is 7.34. The highest BCUT2D eigenvalue weighted by atomic mass is 35.5. The lowest BCUT2D eigenvalue weighted by atomic mass is 10.2. The summed E-state index contributed by atoms with van der Waals surface area (Å²) in [5.74, 6) is 0.306. The predicted molar refractivity (Wildman–Crippen MR) is 102 cm³/mol. The summed E-state index contributed by atoms with van der Waals surface area (Å²) in [7, 11) is -2.56. The highest BCUT2D eigenvalue weighted by Crippen LogP contribution is 2.37. The van der Waals surface area contributed by atoms with Gasteiger partial charge in [0.1, 0.15) is 15.7 Å². The number of nitrogens with one attached hydrogen (secondary N) is 1. The number of anilines is 2. The van der Waals surface area contributed by atoms with Crippen molar-refractivity contribution in [2.75, 3.05) is 23.3 Å². The van der Waals surface area contributed by atoms with Gasteiger partial charge in [0.2, 0.25) is 5.91 Å². The summed E-state index contributed by atoms with van der Waals surface area (Å²) < 4.78 is 32.9. The first-order valence-corrected chi connectivity index (χ1v) is 10.0. The first kappa shape index (κ1) is 18.8. The van der Waals surface area contributed by atoms with Crippen LogP contribution >= 0.6 is 23.2 Å². The molecule has 2 aromatic carbocycles. The van der Waals surface area contributed by atoms with Crippen LogP contribution < -0.4 is 14.4 Å². The predicted octanol–water partition coefficient (Wildman–Crippen LogP) is 3.93. The monoisotopic (exact) mass is 414 g/mol. The number of carbonyl (C=O) groups excluding carboxylic acids is 1. The fraction of sp³-hybridized carbons (Fsp3) is 0.235. The molecule has 26 heavy (non-hydrogen) atoms. The molecule has 3 rings (SSSR count). The SMILES string of the molecule is COc1ccc(S(=O)(=O)Nc2cccc(N3CCCC3=O)c2)c(Cl)c1Cl. The smallest absolute Gasteiger partial charge is 0.263 e. The second-order valence-corrected chi connectivity index (χ2v) is 8.11. The molecule has 1 fully saturated rings. The summed E-state index contributed by atoms with van der Waals surface area (Å²) in [4.78, 5) is 13.4. The fourth-order valence-electron chi connectivity index (χ4n) is 2.75. The minimum absolute atomic E-state index is 0.0217. The number of sulfonamides is 1. The number of nitrogens with zero attached hydrogens (tertiary/aromatic N) is 1. The zero-order valence-corrected chi connectivity index (χ0v) is 16.2. The van der Waals surface area contributed by atoms with Crippen molar-refractivity contribution in [1.82, 2.24) is 0 Å². The van der Waals surface area contributed by atoms with Crippen LogP contribution in [0.25, 0.3) is 0 Å². The number of benzene rings is 2. The lowest BCUT2D eigenvalue weighted by Crippen LogP contribution is -2.23. The molecule has 6 nitrogen and oxygen atoms in total. The molecule has 0 atom stereocenters. The van der Waals surface area contributed by atoms with Crippen molar-refractivity contribution < 1.29 is 17.9 Å². The maximum atomic E-state index is 12.7. The molecule has 0 radical (unpaired) electrons. The van der Waals surface area contributed by atoms with Gasteiger partial charge in [0.15, 0.2) is 0 Å². The second-order valence-electron chi connectivity index (χ2n) is 5.70. The highest BCUT2D eigenvalue weighted by molar-refractivity contribution is 7.92. The van der Waals surface area contributed by atoms with Crippen molar-refractivity contribution in [3.05, 3.63) is 46.4 Å². The van der Waals surface area contributed by atoms with E-state index in [-0.39, 0.29) is 26.6 Å². The van der Waals surface area contributed by atoms with Crippen molar-refractivity contribution in [2.24, 2.45) is 0 Å². The first-order valence-electron chi connectivity index (χ1n) is 7.79. The van der Waals surface area contributed by atoms with Crippen LogP contribution in [0.2, 0.25) is 10.0 Å². The van der Waals surface area contributed by atoms with Crippen molar-refractivity contribution in [3.8, 4) is 5.75 Å². The molecule has 1 heterocycles. The van der Waals surface area contributed by atoms with Crippen molar-refractivity contribution in [3.63, 3.8) is 0 Å². The van der Waals surface area contributed by atoms with Gasteiger partial charge >= 0.3 is 0 Å². The standard InChI is InChI=1S/C17H16Cl2N2O4S/c1-25-13-7-8-14(17(19)16(13)18)26(23,24)20-11-4-2-5-12(10-11)21-9-3-6-15(21)22/h2,4-5,7-8,10,20H,3,6,9H2,1H3. The Bertz CT molecular complexity index is 963. The highest BCUT2D eigenvalue weighted by Gasteiger charge is 2.24. The summed E-state index contributed by atoms with van der Waals surface area (Å²) in [6, 6.07) is 9.41. The Morgan fingerprint density at radius 3 is 2.58 bits per heavy atom. The summed E-state index contributed by atoms with van der Waals surface area (Å²) in [6.07, 6.45) is 1.28. The third kappa shape index (κ3) is 3.60. The van der Waals surface area contributed by atoms with E-state index in [4.69, 9.17) is 27.9 Å². The molecule has 0 saturated carbocycles. The Morgan fingerprint density at radius 2 is 1.92 bits per heavy atom. The number of methoxy groups -OCH3 is 1. The fourth-order valence-corrected chi connectivity index (χ4v) is 4.64. The normalized spacial score (nSPS) is 14.6. The van der Waals surface area contributed by atoms with Gasteiger partial charge in [0.05, 0.1) is 17.8 Å². The lowest BCUT2D eigenvalue weighted by Gasteiger charge is -2.17. The maximum absolute atomic E-state index is 12.7. The topological polar surface area (TPSA) is 75.7 Å². The largest absolute Gasteiger partial charge is 0.495 e. The third-order valence-corrected chi connectivity index (χ3v) is 6.40. The number of hydrogen-bond donors (Lipinski definition) is 1. The van der Waals surface area contributed by atoms with E-state index in [0.29, 0.717) is 24.3 Å². The van der Waals surface area contributed by atoms with E-state index in [2.05, 4.69) is 4.72 Å². The van der Waals surface area contributed by atoms with E-state index in [1.54, 1.807) is 29.2 Å². The Hall–Kier alpha value is -1.96. The van der Waals surface area contributed by atoms with Crippen molar-refractivity contribution >= 4 is 50.5 Å². The summed E-state index contributed by atoms with van der Waals surface area (Å²) in [5, 5.41) is -0.0992. The number of halogens is 2. The zero-order valence-electron chi connectivity index (χ0n) is 13.8. The van der Waals surface area contributed by atoms with Gasteiger partial charge < -0.3 is 9.64 Å². The van der Waals surface area contributed by atoms with Crippen LogP contribution in [-0.2, 0) is 14.8 Å². The van der Waals surface area contributed by atoms with E-state index in [0.717, 1.165) is 6.42 Å². The molecule has 0 spiro atoms. The van der Waals surface area contributed by atoms with Gasteiger partial charge in [-0.05, 0) is 36.8 Å². The number of amides is 1. The Labute approximate surface area is 161 Å². The summed E-state index contributed by atoms with van der Waals surface area (Å²) in [6.45, 7) is 0.620. The molecule has 9 heteroatoms. The molecule has 138 valence electrons. The van der Waals surface area contributed by atoms with Gasteiger partial charge in [-0.2, -0.15) is 0 Å². The van der Waals surface area contributed by atoms with Gasteiger partial charge in [-0.15, -0.1) is 0 Å². The van der Waals surface area contributed by atoms with Crippen LogP contribution in [0.1, 0.15) is 12.8 Å². The molecular weight excluding hydrogens is 399 g/mol. The molecule has 1 N–H and O–H groups in total. The third-order valence-electron chi connectivity index (χ3n) is 4.00. The van der Waals surface area contributed by atoms with Crippen molar-refractivity contribution in [1.29, 1.82) is 0 Å². The molecule has 1 aliphatic rings. The number of ether oxygens (including phenoxy) is 1. The molecule has 0 bridgehead atoms. The van der Waals surface area contributed by atoms with E-state index in [1.807, 2.05) is 0 Å². The quantitative estimate of drug-likeness (QED) is 0.803. The van der Waals surface area contributed by atoms with Crippen LogP contribution in [0, 0.1) is 0 Å². The Kier molecular flexibility index (Phi) is 5.32. The van der Waals surface area contributed by atoms with Crippen LogP contribution in [-0.4, -0.2) is 28.0 Å². The molecule has 0 aliphatic carbocycles. The molecule has 1 aliphatic heterocycles. The van der Waals surface area contributed by atoms with E-state index in [9.17, 15) is 13.2 Å². The van der Waals surface area contributed by atoms with Crippen LogP contribution in [0.4, 0.5) is 11.4 Å². The summed E-state index contributed by atoms with van der Waals surface area (Å²) in [5.41, 5.74) is 0.969. The Morgan fingerprint density at radius 1 is 1.15 bits per heavy atom. The maximum Gasteiger partial charge on any atom is 0.263 e. The van der Waals surface area contributed by atoms with Gasteiger partial charge in [-0.1, -0.05) is 29.3 Å². The number of hydrogen-bond acceptors (Lipinski definition) is 4. The zero-order chi connectivity index (χ0) is 18.9. The van der Waals surface area contributed by atoms with Gasteiger partial charge in [-0.25, -0.2) is 8.42 Å². The molecule has 0 aromatic heterocycles. The summed E-state index contributed by atoms with van der Waals surface area (Å²) >= 11 is 12.1. The van der Waals surface area contributed by atoms with Crippen LogP contribution in [0.5, 0.6) is 5.75 Å². The van der Waals surface area contributed by atoms with E-state index >= 15 is 0 Å². The lowest BCUT2D eigenvalue weighted by molar-refractivity contribution is -0.117. The Balaban J connectivity index is 1.91.